The van der Waals surface area contributed by atoms with E-state index in [-0.39, 0.29) is 17.7 Å². The third kappa shape index (κ3) is 2.33. The molecule has 2 rings (SSSR count). The number of carbonyl (C=O) groups excluding carboxylic acids is 1. The molecule has 2 fully saturated rings. The SMILES string of the molecule is CC1COCCC1C(=O)N1CC(O)(C(C)C)C1. The Morgan fingerprint density at radius 2 is 2.12 bits per heavy atom. The van der Waals surface area contributed by atoms with Crippen molar-refractivity contribution in [2.45, 2.75) is 32.8 Å². The second-order valence-electron chi connectivity index (χ2n) is 5.90. The average Bonchev–Trinajstić information content (AvgIpc) is 2.24. The van der Waals surface area contributed by atoms with Crippen molar-refractivity contribution in [3.63, 3.8) is 0 Å². The largest absolute Gasteiger partial charge is 0.386 e. The predicted molar refractivity (Wildman–Crippen MR) is 64.5 cm³/mol. The number of nitrogens with zero attached hydrogens (tertiary/aromatic N) is 1. The molecule has 17 heavy (non-hydrogen) atoms. The third-order valence-corrected chi connectivity index (χ3v) is 4.27. The summed E-state index contributed by atoms with van der Waals surface area (Å²) in [5, 5.41) is 10.2. The topological polar surface area (TPSA) is 49.8 Å². The van der Waals surface area contributed by atoms with Gasteiger partial charge in [-0.1, -0.05) is 20.8 Å². The Bertz CT molecular complexity index is 297. The fourth-order valence-electron chi connectivity index (χ4n) is 2.62. The second-order valence-corrected chi connectivity index (χ2v) is 5.90. The summed E-state index contributed by atoms with van der Waals surface area (Å²) in [6, 6.07) is 0. The van der Waals surface area contributed by atoms with Crippen molar-refractivity contribution in [3.05, 3.63) is 0 Å². The molecule has 2 unspecified atom stereocenters. The zero-order valence-electron chi connectivity index (χ0n) is 11.0. The number of carbonyl (C=O) groups is 1. The van der Waals surface area contributed by atoms with Crippen molar-refractivity contribution in [1.29, 1.82) is 0 Å². The molecule has 0 saturated carbocycles. The Kier molecular flexibility index (Phi) is 3.46. The molecule has 1 amide bonds. The number of hydrogen-bond donors (Lipinski definition) is 1. The lowest BCUT2D eigenvalue weighted by Gasteiger charge is -2.50. The first kappa shape index (κ1) is 12.8. The molecule has 1 N–H and O–H groups in total. The molecule has 0 radical (unpaired) electrons. The number of rotatable bonds is 2. The van der Waals surface area contributed by atoms with Crippen LogP contribution in [0.5, 0.6) is 0 Å². The molecule has 2 atom stereocenters. The minimum absolute atomic E-state index is 0.0838. The van der Waals surface area contributed by atoms with E-state index < -0.39 is 5.60 Å². The standard InChI is InChI=1S/C13H23NO3/c1-9(2)13(16)7-14(8-13)12(15)11-4-5-17-6-10(11)3/h9-11,16H,4-8H2,1-3H3. The summed E-state index contributed by atoms with van der Waals surface area (Å²) in [5.74, 6) is 0.786. The second kappa shape index (κ2) is 4.58. The number of β-amino-alcohol motifs (C(OH)–C–C–N with tert-alkyl or cyclic N) is 1. The van der Waals surface area contributed by atoms with Gasteiger partial charge in [-0.3, -0.25) is 4.79 Å². The Labute approximate surface area is 103 Å². The molecular formula is C13H23NO3. The summed E-state index contributed by atoms with van der Waals surface area (Å²) < 4.78 is 5.35. The van der Waals surface area contributed by atoms with Gasteiger partial charge in [0.1, 0.15) is 5.60 Å². The van der Waals surface area contributed by atoms with E-state index in [0.29, 0.717) is 32.2 Å². The maximum atomic E-state index is 12.3. The molecule has 2 heterocycles. The molecule has 2 saturated heterocycles. The van der Waals surface area contributed by atoms with Crippen molar-refractivity contribution in [1.82, 2.24) is 4.90 Å². The van der Waals surface area contributed by atoms with Gasteiger partial charge in [0.05, 0.1) is 13.1 Å². The monoisotopic (exact) mass is 241 g/mol. The smallest absolute Gasteiger partial charge is 0.226 e. The highest BCUT2D eigenvalue weighted by Crippen LogP contribution is 2.32. The van der Waals surface area contributed by atoms with Crippen LogP contribution in [0.3, 0.4) is 0 Å². The molecule has 0 aromatic carbocycles. The molecule has 0 aromatic heterocycles. The highest BCUT2D eigenvalue weighted by atomic mass is 16.5. The summed E-state index contributed by atoms with van der Waals surface area (Å²) in [6.45, 7) is 8.41. The minimum atomic E-state index is -0.663. The fraction of sp³-hybridized carbons (Fsp3) is 0.923. The molecule has 0 aliphatic carbocycles. The van der Waals surface area contributed by atoms with Crippen LogP contribution in [-0.2, 0) is 9.53 Å². The van der Waals surface area contributed by atoms with Crippen LogP contribution in [0.25, 0.3) is 0 Å². The van der Waals surface area contributed by atoms with Gasteiger partial charge in [0.2, 0.25) is 5.91 Å². The van der Waals surface area contributed by atoms with E-state index >= 15 is 0 Å². The van der Waals surface area contributed by atoms with Crippen molar-refractivity contribution >= 4 is 5.91 Å². The van der Waals surface area contributed by atoms with Gasteiger partial charge in [0.25, 0.3) is 0 Å². The van der Waals surface area contributed by atoms with Crippen molar-refractivity contribution in [2.75, 3.05) is 26.3 Å². The minimum Gasteiger partial charge on any atom is -0.386 e. The summed E-state index contributed by atoms with van der Waals surface area (Å²) >= 11 is 0. The Hall–Kier alpha value is -0.610. The lowest BCUT2D eigenvalue weighted by atomic mass is 9.80. The first-order valence-corrected chi connectivity index (χ1v) is 6.53. The predicted octanol–water partition coefficient (Wildman–Crippen LogP) is 0.888. The van der Waals surface area contributed by atoms with E-state index in [1.807, 2.05) is 13.8 Å². The molecule has 0 spiro atoms. The molecule has 0 bridgehead atoms. The molecule has 0 aromatic rings. The van der Waals surface area contributed by atoms with Gasteiger partial charge in [0.15, 0.2) is 0 Å². The van der Waals surface area contributed by atoms with Crippen molar-refractivity contribution in [3.8, 4) is 0 Å². The van der Waals surface area contributed by atoms with Crippen LogP contribution in [-0.4, -0.2) is 47.8 Å². The molecular weight excluding hydrogens is 218 g/mol. The zero-order chi connectivity index (χ0) is 12.6. The summed E-state index contributed by atoms with van der Waals surface area (Å²) in [5.41, 5.74) is -0.663. The van der Waals surface area contributed by atoms with Crippen LogP contribution >= 0.6 is 0 Å². The number of amides is 1. The number of aliphatic hydroxyl groups is 1. The van der Waals surface area contributed by atoms with Crippen LogP contribution in [0.4, 0.5) is 0 Å². The van der Waals surface area contributed by atoms with Gasteiger partial charge in [-0.05, 0) is 18.3 Å². The normalized spacial score (nSPS) is 32.4. The molecule has 4 heteroatoms. The quantitative estimate of drug-likeness (QED) is 0.781. The highest BCUT2D eigenvalue weighted by molar-refractivity contribution is 5.80. The Balaban J connectivity index is 1.90. The maximum absolute atomic E-state index is 12.3. The van der Waals surface area contributed by atoms with E-state index in [9.17, 15) is 9.90 Å². The van der Waals surface area contributed by atoms with Gasteiger partial charge >= 0.3 is 0 Å². The van der Waals surface area contributed by atoms with Crippen LogP contribution in [0.1, 0.15) is 27.2 Å². The summed E-state index contributed by atoms with van der Waals surface area (Å²) in [7, 11) is 0. The van der Waals surface area contributed by atoms with Crippen LogP contribution in [0.2, 0.25) is 0 Å². The first-order chi connectivity index (χ1) is 7.94. The number of likely N-dealkylation sites (tertiary alicyclic amines) is 1. The van der Waals surface area contributed by atoms with Crippen molar-refractivity contribution < 1.29 is 14.6 Å². The summed E-state index contributed by atoms with van der Waals surface area (Å²) in [6.07, 6.45) is 0.816. The van der Waals surface area contributed by atoms with Crippen LogP contribution < -0.4 is 0 Å². The molecule has 2 aliphatic rings. The molecule has 2 aliphatic heterocycles. The maximum Gasteiger partial charge on any atom is 0.226 e. The fourth-order valence-corrected chi connectivity index (χ4v) is 2.62. The zero-order valence-corrected chi connectivity index (χ0v) is 11.0. The van der Waals surface area contributed by atoms with E-state index in [1.165, 1.54) is 0 Å². The lowest BCUT2D eigenvalue weighted by molar-refractivity contribution is -0.172. The molecule has 98 valence electrons. The van der Waals surface area contributed by atoms with Gasteiger partial charge < -0.3 is 14.7 Å². The van der Waals surface area contributed by atoms with E-state index in [0.717, 1.165) is 6.42 Å². The third-order valence-electron chi connectivity index (χ3n) is 4.27. The summed E-state index contributed by atoms with van der Waals surface area (Å²) in [4.78, 5) is 14.1. The van der Waals surface area contributed by atoms with E-state index in [4.69, 9.17) is 4.74 Å². The van der Waals surface area contributed by atoms with Gasteiger partial charge in [-0.25, -0.2) is 0 Å². The van der Waals surface area contributed by atoms with E-state index in [2.05, 4.69) is 6.92 Å². The molecule has 4 nitrogen and oxygen atoms in total. The lowest BCUT2D eigenvalue weighted by Crippen LogP contribution is -2.67. The highest BCUT2D eigenvalue weighted by Gasteiger charge is 2.47. The van der Waals surface area contributed by atoms with Crippen molar-refractivity contribution in [2.24, 2.45) is 17.8 Å². The first-order valence-electron chi connectivity index (χ1n) is 6.53. The van der Waals surface area contributed by atoms with Crippen LogP contribution in [0, 0.1) is 17.8 Å². The average molecular weight is 241 g/mol. The number of hydrogen-bond acceptors (Lipinski definition) is 3. The van der Waals surface area contributed by atoms with Gasteiger partial charge in [-0.15, -0.1) is 0 Å². The van der Waals surface area contributed by atoms with E-state index in [1.54, 1.807) is 4.90 Å². The number of ether oxygens (including phenoxy) is 1. The van der Waals surface area contributed by atoms with Gasteiger partial charge in [-0.2, -0.15) is 0 Å². The Morgan fingerprint density at radius 3 is 2.65 bits per heavy atom. The van der Waals surface area contributed by atoms with Gasteiger partial charge in [0, 0.05) is 19.1 Å². The van der Waals surface area contributed by atoms with Crippen LogP contribution in [0.15, 0.2) is 0 Å². The Morgan fingerprint density at radius 1 is 1.47 bits per heavy atom.